The number of rotatable bonds is 16. The van der Waals surface area contributed by atoms with Crippen molar-refractivity contribution < 1.29 is 88.9 Å². The van der Waals surface area contributed by atoms with E-state index in [1.54, 1.807) is 0 Å². The van der Waals surface area contributed by atoms with E-state index in [9.17, 15) is 79.4 Å². The third-order valence-electron chi connectivity index (χ3n) is 5.79. The van der Waals surface area contributed by atoms with Crippen LogP contribution < -0.4 is 4.74 Å². The van der Waals surface area contributed by atoms with Gasteiger partial charge in [0.05, 0.1) is 25.2 Å². The smallest absolute Gasteiger partial charge is 0.460 e. The molecule has 0 aliphatic rings. The van der Waals surface area contributed by atoms with Crippen molar-refractivity contribution in [1.29, 1.82) is 0 Å². The van der Waals surface area contributed by atoms with Gasteiger partial charge >= 0.3 is 53.6 Å². The summed E-state index contributed by atoms with van der Waals surface area (Å²) in [6.07, 6.45) is -7.47. The molecule has 0 bridgehead atoms. The van der Waals surface area contributed by atoms with Gasteiger partial charge in [0.25, 0.3) is 0 Å². The molecule has 250 valence electrons. The maximum atomic E-state index is 13.9. The van der Waals surface area contributed by atoms with Crippen molar-refractivity contribution in [3.63, 3.8) is 0 Å². The molecule has 0 heterocycles. The van der Waals surface area contributed by atoms with Gasteiger partial charge in [0.2, 0.25) is 0 Å². The summed E-state index contributed by atoms with van der Waals surface area (Å²) in [5, 5.41) is 0. The second-order valence-electron chi connectivity index (χ2n) is 8.97. The van der Waals surface area contributed by atoms with Crippen LogP contribution in [0.1, 0.15) is 49.4 Å². The molecule has 0 amide bonds. The SMILES string of the molecule is CCCCCCOC(=O)c1ccc(OCCC(F)(F)C(F)(F)C(F)(F)C(F)(F)C(F)(F)C(F)(F)C(F)(F)C(F)(F)F)cc1. The van der Waals surface area contributed by atoms with E-state index in [0.29, 0.717) is 6.42 Å². The minimum Gasteiger partial charge on any atom is -0.493 e. The first-order valence-corrected chi connectivity index (χ1v) is 11.8. The van der Waals surface area contributed by atoms with E-state index in [0.717, 1.165) is 43.5 Å². The van der Waals surface area contributed by atoms with Gasteiger partial charge in [-0.15, -0.1) is 0 Å². The molecule has 1 aromatic carbocycles. The average molecular weight is 668 g/mol. The molecule has 0 saturated heterocycles. The molecule has 0 saturated carbocycles. The van der Waals surface area contributed by atoms with Crippen LogP contribution in [0.2, 0.25) is 0 Å². The Morgan fingerprint density at radius 1 is 0.581 bits per heavy atom. The van der Waals surface area contributed by atoms with Crippen molar-refractivity contribution in [3.8, 4) is 5.75 Å². The number of halogens is 17. The first-order chi connectivity index (χ1) is 19.2. The number of unbranched alkanes of at least 4 members (excludes halogenated alkanes) is 3. The predicted molar refractivity (Wildman–Crippen MR) is 112 cm³/mol. The summed E-state index contributed by atoms with van der Waals surface area (Å²) in [6.45, 7) is 0.182. The summed E-state index contributed by atoms with van der Waals surface area (Å²) in [6, 6.07) is 3.61. The summed E-state index contributed by atoms with van der Waals surface area (Å²) in [7, 11) is 0. The van der Waals surface area contributed by atoms with Crippen LogP contribution in [0.3, 0.4) is 0 Å². The van der Waals surface area contributed by atoms with Crippen molar-refractivity contribution in [1.82, 2.24) is 0 Å². The highest BCUT2D eigenvalue weighted by Crippen LogP contribution is 2.64. The summed E-state index contributed by atoms with van der Waals surface area (Å²) in [5.41, 5.74) is -0.129. The minimum absolute atomic E-state index is 0.0401. The molecule has 0 N–H and O–H groups in total. The highest BCUT2D eigenvalue weighted by atomic mass is 19.4. The average Bonchev–Trinajstić information content (AvgIpc) is 2.87. The van der Waals surface area contributed by atoms with Gasteiger partial charge in [-0.3, -0.25) is 0 Å². The van der Waals surface area contributed by atoms with Gasteiger partial charge in [-0.05, 0) is 30.7 Å². The van der Waals surface area contributed by atoms with Crippen molar-refractivity contribution in [2.75, 3.05) is 13.2 Å². The molecular formula is C23H21F17O3. The number of alkyl halides is 17. The molecule has 0 aliphatic carbocycles. The fourth-order valence-electron chi connectivity index (χ4n) is 3.11. The van der Waals surface area contributed by atoms with Crippen molar-refractivity contribution in [3.05, 3.63) is 29.8 Å². The topological polar surface area (TPSA) is 35.5 Å². The van der Waals surface area contributed by atoms with Crippen molar-refractivity contribution >= 4 is 5.97 Å². The molecule has 0 atom stereocenters. The van der Waals surface area contributed by atoms with E-state index in [-0.39, 0.29) is 12.2 Å². The Morgan fingerprint density at radius 3 is 1.47 bits per heavy atom. The minimum atomic E-state index is -8.67. The lowest BCUT2D eigenvalue weighted by atomic mass is 9.88. The van der Waals surface area contributed by atoms with E-state index >= 15 is 0 Å². The molecule has 3 nitrogen and oxygen atoms in total. The Hall–Kier alpha value is -2.70. The second-order valence-corrected chi connectivity index (χ2v) is 8.97. The monoisotopic (exact) mass is 668 g/mol. The van der Waals surface area contributed by atoms with Gasteiger partial charge in [0, 0.05) is 0 Å². The molecular weight excluding hydrogens is 647 g/mol. The lowest BCUT2D eigenvalue weighted by Gasteiger charge is -2.42. The zero-order valence-electron chi connectivity index (χ0n) is 21.4. The van der Waals surface area contributed by atoms with E-state index in [1.807, 2.05) is 6.92 Å². The summed E-state index contributed by atoms with van der Waals surface area (Å²) >= 11 is 0. The largest absolute Gasteiger partial charge is 0.493 e. The van der Waals surface area contributed by atoms with Crippen molar-refractivity contribution in [2.45, 2.75) is 86.7 Å². The number of ether oxygens (including phenoxy) is 2. The number of hydrogen-bond acceptors (Lipinski definition) is 3. The highest BCUT2D eigenvalue weighted by Gasteiger charge is 2.95. The van der Waals surface area contributed by atoms with Crippen LogP contribution >= 0.6 is 0 Å². The second kappa shape index (κ2) is 12.7. The normalized spacial score (nSPS) is 14.6. The van der Waals surface area contributed by atoms with Crippen LogP contribution in [0.5, 0.6) is 5.75 Å². The molecule has 43 heavy (non-hydrogen) atoms. The highest BCUT2D eigenvalue weighted by molar-refractivity contribution is 5.89. The quantitative estimate of drug-likeness (QED) is 0.100. The Kier molecular flexibility index (Phi) is 11.3. The molecule has 0 radical (unpaired) electrons. The first-order valence-electron chi connectivity index (χ1n) is 11.8. The summed E-state index contributed by atoms with van der Waals surface area (Å²) in [5.74, 6) is -58.1. The molecule has 0 unspecified atom stereocenters. The molecule has 20 heteroatoms. The molecule has 1 rings (SSSR count). The number of carbonyl (C=O) groups excluding carboxylic acids is 1. The van der Waals surface area contributed by atoms with E-state index in [2.05, 4.69) is 4.74 Å². The first kappa shape index (κ1) is 38.3. The van der Waals surface area contributed by atoms with Crippen LogP contribution in [0, 0.1) is 0 Å². The van der Waals surface area contributed by atoms with Gasteiger partial charge in [-0.1, -0.05) is 26.2 Å². The van der Waals surface area contributed by atoms with E-state index < -0.39 is 72.4 Å². The Labute approximate surface area is 231 Å². The molecule has 0 spiro atoms. The Balaban J connectivity index is 3.06. The maximum Gasteiger partial charge on any atom is 0.460 e. The number of benzene rings is 1. The van der Waals surface area contributed by atoms with Crippen LogP contribution in [0.15, 0.2) is 24.3 Å². The third kappa shape index (κ3) is 7.01. The van der Waals surface area contributed by atoms with Gasteiger partial charge in [0.1, 0.15) is 5.75 Å². The van der Waals surface area contributed by atoms with Crippen LogP contribution in [-0.2, 0) is 4.74 Å². The Morgan fingerprint density at radius 2 is 1.02 bits per heavy atom. The molecule has 0 fully saturated rings. The zero-order valence-corrected chi connectivity index (χ0v) is 21.4. The fourth-order valence-corrected chi connectivity index (χ4v) is 3.11. The fraction of sp³-hybridized carbons (Fsp3) is 0.696. The number of esters is 1. The van der Waals surface area contributed by atoms with Gasteiger partial charge < -0.3 is 9.47 Å². The van der Waals surface area contributed by atoms with Crippen molar-refractivity contribution in [2.24, 2.45) is 0 Å². The van der Waals surface area contributed by atoms with Gasteiger partial charge in [-0.2, -0.15) is 74.6 Å². The third-order valence-corrected chi connectivity index (χ3v) is 5.79. The van der Waals surface area contributed by atoms with E-state index in [1.165, 1.54) is 0 Å². The number of hydrogen-bond donors (Lipinski definition) is 0. The van der Waals surface area contributed by atoms with Gasteiger partial charge in [-0.25, -0.2) is 4.79 Å². The Bertz CT molecular complexity index is 1070. The predicted octanol–water partition coefficient (Wildman–Crippen LogP) is 9.20. The summed E-state index contributed by atoms with van der Waals surface area (Å²) in [4.78, 5) is 11.9. The maximum absolute atomic E-state index is 13.9. The molecule has 0 aromatic heterocycles. The zero-order chi connectivity index (χ0) is 33.9. The standard InChI is InChI=1S/C23H21F17O3/c1-2-3-4-5-11-43-15(41)13-6-8-14(9-7-13)42-12-10-16(24,25)17(26,27)18(28,29)19(30,31)20(32,33)21(34,35)22(36,37)23(38,39)40/h6-9H,2-5,10-12H2,1H3. The summed E-state index contributed by atoms with van der Waals surface area (Å²) < 4.78 is 235. The van der Waals surface area contributed by atoms with E-state index in [4.69, 9.17) is 4.74 Å². The number of carbonyl (C=O) groups is 1. The van der Waals surface area contributed by atoms with Gasteiger partial charge in [0.15, 0.2) is 0 Å². The lowest BCUT2D eigenvalue weighted by Crippen LogP contribution is -2.74. The van der Waals surface area contributed by atoms with Crippen LogP contribution in [0.4, 0.5) is 74.6 Å². The van der Waals surface area contributed by atoms with Crippen LogP contribution in [0.25, 0.3) is 0 Å². The molecule has 0 aliphatic heterocycles. The molecule has 1 aromatic rings. The lowest BCUT2D eigenvalue weighted by molar-refractivity contribution is -0.461. The van der Waals surface area contributed by atoms with Crippen LogP contribution in [-0.4, -0.2) is 66.8 Å².